The van der Waals surface area contributed by atoms with E-state index in [1.165, 1.54) is 38.1 Å². The Balaban J connectivity index is 2.43. The first-order valence-corrected chi connectivity index (χ1v) is 12.4. The maximum absolute atomic E-state index is 14.4. The van der Waals surface area contributed by atoms with Crippen LogP contribution in [0.5, 0.6) is 5.75 Å². The third-order valence-electron chi connectivity index (χ3n) is 5.09. The van der Waals surface area contributed by atoms with Crippen LogP contribution >= 0.6 is 24.4 Å². The van der Waals surface area contributed by atoms with Crippen LogP contribution in [0.1, 0.15) is 37.0 Å². The highest BCUT2D eigenvalue weighted by Crippen LogP contribution is 2.32. The summed E-state index contributed by atoms with van der Waals surface area (Å²) < 4.78 is 33.1. The van der Waals surface area contributed by atoms with Crippen molar-refractivity contribution in [3.8, 4) is 16.9 Å². The number of carbonyl (C=O) groups is 5. The van der Waals surface area contributed by atoms with Crippen molar-refractivity contribution in [1.82, 2.24) is 0 Å². The Morgan fingerprint density at radius 1 is 0.972 bits per heavy atom. The van der Waals surface area contributed by atoms with Crippen LogP contribution in [0.15, 0.2) is 36.4 Å². The largest absolute Gasteiger partial charge is 0.425 e. The van der Waals surface area contributed by atoms with Crippen molar-refractivity contribution < 1.29 is 37.5 Å². The minimum Gasteiger partial charge on any atom is -0.425 e. The van der Waals surface area contributed by atoms with Gasteiger partial charge >= 0.3 is 5.97 Å². The number of hydrogen-bond acceptors (Lipinski definition) is 8. The molecule has 1 amide bonds. The van der Waals surface area contributed by atoms with Crippen LogP contribution in [-0.4, -0.2) is 40.1 Å². The molecule has 2 unspecified atom stereocenters. The van der Waals surface area contributed by atoms with E-state index in [1.54, 1.807) is 0 Å². The fraction of sp³-hybridized carbons (Fsp3) is 0.320. The summed E-state index contributed by atoms with van der Waals surface area (Å²) in [5.74, 6) is -5.69. The standard InChI is InChI=1S/C25H25F2NO6S2/c1-13(29)7-16(11-35)24(32)34-22-6-3-15(19-5-4-18(26)10-21(19)27)9-20(22)25(33)36-12-17(23(28)31)8-14(2)30/h3-6,9-10,16-17,35H,7-8,11-12H2,1-2H3,(H2,28,31). The second kappa shape index (κ2) is 13.3. The van der Waals surface area contributed by atoms with E-state index in [-0.39, 0.29) is 58.4 Å². The number of thioether (sulfide) groups is 1. The summed E-state index contributed by atoms with van der Waals surface area (Å²) >= 11 is 4.76. The normalized spacial score (nSPS) is 12.5. The summed E-state index contributed by atoms with van der Waals surface area (Å²) in [4.78, 5) is 60.3. The first kappa shape index (κ1) is 29.2. The fourth-order valence-corrected chi connectivity index (χ4v) is 4.50. The predicted octanol–water partition coefficient (Wildman–Crippen LogP) is 4.02. The van der Waals surface area contributed by atoms with Gasteiger partial charge in [-0.05, 0) is 43.7 Å². The molecule has 2 aromatic rings. The molecule has 0 saturated carbocycles. The van der Waals surface area contributed by atoms with Crippen LogP contribution in [0, 0.1) is 23.5 Å². The lowest BCUT2D eigenvalue weighted by molar-refractivity contribution is -0.140. The summed E-state index contributed by atoms with van der Waals surface area (Å²) in [6.07, 6.45) is -0.252. The van der Waals surface area contributed by atoms with Gasteiger partial charge in [-0.25, -0.2) is 8.78 Å². The molecule has 192 valence electrons. The van der Waals surface area contributed by atoms with E-state index >= 15 is 0 Å². The van der Waals surface area contributed by atoms with Crippen molar-refractivity contribution >= 4 is 52.9 Å². The fourth-order valence-electron chi connectivity index (χ4n) is 3.27. The zero-order valence-corrected chi connectivity index (χ0v) is 21.3. The number of rotatable bonds is 12. The van der Waals surface area contributed by atoms with E-state index < -0.39 is 40.5 Å². The van der Waals surface area contributed by atoms with Gasteiger partial charge < -0.3 is 20.1 Å². The summed E-state index contributed by atoms with van der Waals surface area (Å²) in [5, 5.41) is -0.633. The van der Waals surface area contributed by atoms with E-state index in [1.807, 2.05) is 0 Å². The Hall–Kier alpha value is -3.05. The van der Waals surface area contributed by atoms with Crippen molar-refractivity contribution in [2.24, 2.45) is 17.6 Å². The third kappa shape index (κ3) is 8.27. The van der Waals surface area contributed by atoms with Gasteiger partial charge in [0, 0.05) is 36.0 Å². The quantitative estimate of drug-likeness (QED) is 0.238. The molecule has 2 aromatic carbocycles. The molecule has 0 aliphatic heterocycles. The molecular weight excluding hydrogens is 512 g/mol. The lowest BCUT2D eigenvalue weighted by Gasteiger charge is -2.16. The number of ketones is 2. The van der Waals surface area contributed by atoms with Crippen LogP contribution in [0.2, 0.25) is 0 Å². The number of hydrogen-bond donors (Lipinski definition) is 2. The van der Waals surface area contributed by atoms with Crippen molar-refractivity contribution in [2.45, 2.75) is 26.7 Å². The molecule has 36 heavy (non-hydrogen) atoms. The van der Waals surface area contributed by atoms with E-state index in [0.29, 0.717) is 17.8 Å². The second-order valence-electron chi connectivity index (χ2n) is 8.15. The molecule has 2 atom stereocenters. The molecule has 0 fully saturated rings. The van der Waals surface area contributed by atoms with Crippen LogP contribution in [0.25, 0.3) is 11.1 Å². The zero-order valence-electron chi connectivity index (χ0n) is 19.6. The second-order valence-corrected chi connectivity index (χ2v) is 9.50. The maximum atomic E-state index is 14.4. The molecule has 0 aromatic heterocycles. The van der Waals surface area contributed by atoms with Gasteiger partial charge in [-0.2, -0.15) is 12.6 Å². The number of esters is 1. The number of carbonyl (C=O) groups excluding carboxylic acids is 5. The molecule has 0 aliphatic carbocycles. The van der Waals surface area contributed by atoms with Gasteiger partial charge in [-0.15, -0.1) is 0 Å². The molecule has 7 nitrogen and oxygen atoms in total. The molecule has 0 spiro atoms. The van der Waals surface area contributed by atoms with Gasteiger partial charge in [0.2, 0.25) is 11.0 Å². The monoisotopic (exact) mass is 537 g/mol. The predicted molar refractivity (Wildman–Crippen MR) is 135 cm³/mol. The van der Waals surface area contributed by atoms with Crippen LogP contribution in [0.4, 0.5) is 8.78 Å². The molecule has 0 saturated heterocycles. The Labute approximate surface area is 216 Å². The summed E-state index contributed by atoms with van der Waals surface area (Å²) in [6, 6.07) is 6.90. The van der Waals surface area contributed by atoms with Crippen LogP contribution in [0.3, 0.4) is 0 Å². The highest BCUT2D eigenvalue weighted by Gasteiger charge is 2.26. The third-order valence-corrected chi connectivity index (χ3v) is 6.58. The van der Waals surface area contributed by atoms with Gasteiger partial charge in [-0.3, -0.25) is 14.4 Å². The van der Waals surface area contributed by atoms with E-state index in [9.17, 15) is 32.8 Å². The lowest BCUT2D eigenvalue weighted by atomic mass is 10.0. The van der Waals surface area contributed by atoms with Crippen molar-refractivity contribution in [3.63, 3.8) is 0 Å². The topological polar surface area (TPSA) is 121 Å². The van der Waals surface area contributed by atoms with Crippen molar-refractivity contribution in [3.05, 3.63) is 53.6 Å². The van der Waals surface area contributed by atoms with Gasteiger partial charge in [-0.1, -0.05) is 17.8 Å². The number of primary amides is 1. The Kier molecular flexibility index (Phi) is 10.8. The number of ether oxygens (including phenoxy) is 1. The van der Waals surface area contributed by atoms with E-state index in [0.717, 1.165) is 6.07 Å². The minimum absolute atomic E-state index is 0.00438. The molecule has 0 radical (unpaired) electrons. The number of benzene rings is 2. The average molecular weight is 538 g/mol. The van der Waals surface area contributed by atoms with Gasteiger partial charge in [0.1, 0.15) is 29.0 Å². The Bertz CT molecular complexity index is 1190. The molecule has 0 heterocycles. The first-order chi connectivity index (χ1) is 16.9. The molecule has 2 N–H and O–H groups in total. The maximum Gasteiger partial charge on any atom is 0.315 e. The Morgan fingerprint density at radius 2 is 1.61 bits per heavy atom. The Morgan fingerprint density at radius 3 is 2.17 bits per heavy atom. The van der Waals surface area contributed by atoms with Crippen LogP contribution < -0.4 is 10.5 Å². The van der Waals surface area contributed by atoms with Gasteiger partial charge in [0.05, 0.1) is 17.4 Å². The first-order valence-electron chi connectivity index (χ1n) is 10.8. The summed E-state index contributed by atoms with van der Waals surface area (Å²) in [6.45, 7) is 2.61. The van der Waals surface area contributed by atoms with E-state index in [2.05, 4.69) is 12.6 Å². The summed E-state index contributed by atoms with van der Waals surface area (Å²) in [7, 11) is 0. The minimum atomic E-state index is -0.899. The SMILES string of the molecule is CC(=O)CC(CSC(=O)c1cc(-c2ccc(F)cc2F)ccc1OC(=O)C(CS)CC(C)=O)C(N)=O. The number of Topliss-reactive ketones (excluding diaryl/α,β-unsaturated/α-hetero) is 2. The van der Waals surface area contributed by atoms with Crippen LogP contribution in [-0.2, 0) is 19.2 Å². The number of thiol groups is 1. The van der Waals surface area contributed by atoms with Gasteiger partial charge in [0.25, 0.3) is 0 Å². The molecule has 0 bridgehead atoms. The molecule has 2 rings (SSSR count). The van der Waals surface area contributed by atoms with Crippen molar-refractivity contribution in [1.29, 1.82) is 0 Å². The van der Waals surface area contributed by atoms with Crippen molar-refractivity contribution in [2.75, 3.05) is 11.5 Å². The lowest BCUT2D eigenvalue weighted by Crippen LogP contribution is -2.27. The smallest absolute Gasteiger partial charge is 0.315 e. The number of halogens is 2. The van der Waals surface area contributed by atoms with E-state index in [4.69, 9.17) is 10.5 Å². The van der Waals surface area contributed by atoms with Gasteiger partial charge in [0.15, 0.2) is 0 Å². The number of amides is 1. The highest BCUT2D eigenvalue weighted by molar-refractivity contribution is 8.14. The summed E-state index contributed by atoms with van der Waals surface area (Å²) in [5.41, 5.74) is 5.42. The molecule has 11 heteroatoms. The average Bonchev–Trinajstić information content (AvgIpc) is 2.79. The number of nitrogens with two attached hydrogens (primary N) is 1. The highest BCUT2D eigenvalue weighted by atomic mass is 32.2. The molecular formula is C25H25F2NO6S2. The zero-order chi connectivity index (χ0) is 27.0. The molecule has 0 aliphatic rings.